The van der Waals surface area contributed by atoms with Crippen molar-refractivity contribution in [3.8, 4) is 0 Å². The van der Waals surface area contributed by atoms with E-state index < -0.39 is 10.0 Å². The number of hydrogen-bond acceptors (Lipinski definition) is 4. The number of likely N-dealkylation sites (tertiary alicyclic amines) is 1. The highest BCUT2D eigenvalue weighted by Gasteiger charge is 2.17. The van der Waals surface area contributed by atoms with Crippen molar-refractivity contribution in [2.75, 3.05) is 27.2 Å². The van der Waals surface area contributed by atoms with Crippen LogP contribution in [0.5, 0.6) is 0 Å². The highest BCUT2D eigenvalue weighted by atomic mass is 32.2. The summed E-state index contributed by atoms with van der Waals surface area (Å²) in [7, 11) is -0.530. The fraction of sp³-hybridized carbons (Fsp3) is 0.435. The van der Waals surface area contributed by atoms with E-state index in [4.69, 9.17) is 0 Å². The number of carbonyl (C=O) groups excluding carboxylic acids is 1. The summed E-state index contributed by atoms with van der Waals surface area (Å²) in [6, 6.07) is 14.4. The first-order chi connectivity index (χ1) is 14.4. The summed E-state index contributed by atoms with van der Waals surface area (Å²) in [6.07, 6.45) is 5.18. The molecular formula is C23H31N3O3S. The molecule has 1 amide bonds. The second kappa shape index (κ2) is 10.2. The molecule has 0 aliphatic carbocycles. The standard InChI is InChI=1S/C23H31N3O3S/c1-25(2)30(28,29)22-12-10-21(11-13-22)23(27)24-17-19-8-7-9-20(16-19)18-26-14-5-3-4-6-15-26/h7-13,16H,3-6,14-15,17-18H2,1-2H3,(H,24,27). The number of hydrogen-bond donors (Lipinski definition) is 1. The smallest absolute Gasteiger partial charge is 0.251 e. The lowest BCUT2D eigenvalue weighted by Crippen LogP contribution is -2.25. The molecule has 0 aromatic heterocycles. The molecular weight excluding hydrogens is 398 g/mol. The summed E-state index contributed by atoms with van der Waals surface area (Å²) in [5.41, 5.74) is 2.76. The van der Waals surface area contributed by atoms with Crippen LogP contribution in [0.4, 0.5) is 0 Å². The monoisotopic (exact) mass is 429 g/mol. The van der Waals surface area contributed by atoms with Crippen LogP contribution in [0.2, 0.25) is 0 Å². The third-order valence-electron chi connectivity index (χ3n) is 5.44. The van der Waals surface area contributed by atoms with Crippen molar-refractivity contribution in [1.82, 2.24) is 14.5 Å². The van der Waals surface area contributed by atoms with Gasteiger partial charge in [0, 0.05) is 32.7 Å². The van der Waals surface area contributed by atoms with Crippen molar-refractivity contribution in [3.63, 3.8) is 0 Å². The van der Waals surface area contributed by atoms with Crippen molar-refractivity contribution in [3.05, 3.63) is 65.2 Å². The predicted molar refractivity (Wildman–Crippen MR) is 119 cm³/mol. The van der Waals surface area contributed by atoms with E-state index in [-0.39, 0.29) is 10.8 Å². The van der Waals surface area contributed by atoms with Crippen LogP contribution in [-0.4, -0.2) is 50.7 Å². The molecule has 0 saturated carbocycles. The first-order valence-corrected chi connectivity index (χ1v) is 11.9. The molecule has 0 radical (unpaired) electrons. The zero-order valence-electron chi connectivity index (χ0n) is 17.8. The van der Waals surface area contributed by atoms with E-state index in [9.17, 15) is 13.2 Å². The molecule has 1 N–H and O–H groups in total. The summed E-state index contributed by atoms with van der Waals surface area (Å²) in [6.45, 7) is 3.69. The fourth-order valence-electron chi connectivity index (χ4n) is 3.66. The zero-order chi connectivity index (χ0) is 21.6. The van der Waals surface area contributed by atoms with Gasteiger partial charge in [0.05, 0.1) is 4.90 Å². The topological polar surface area (TPSA) is 69.7 Å². The van der Waals surface area contributed by atoms with E-state index in [1.807, 2.05) is 12.1 Å². The summed E-state index contributed by atoms with van der Waals surface area (Å²) < 4.78 is 25.4. The van der Waals surface area contributed by atoms with Crippen LogP contribution in [0.15, 0.2) is 53.4 Å². The number of amides is 1. The molecule has 30 heavy (non-hydrogen) atoms. The molecule has 1 aliphatic rings. The third-order valence-corrected chi connectivity index (χ3v) is 7.27. The maximum atomic E-state index is 12.5. The number of benzene rings is 2. The van der Waals surface area contributed by atoms with Gasteiger partial charge in [0.25, 0.3) is 5.91 Å². The van der Waals surface area contributed by atoms with Gasteiger partial charge in [-0.05, 0) is 61.3 Å². The molecule has 2 aromatic rings. The van der Waals surface area contributed by atoms with Gasteiger partial charge in [-0.1, -0.05) is 37.1 Å². The molecule has 1 fully saturated rings. The van der Waals surface area contributed by atoms with Gasteiger partial charge >= 0.3 is 0 Å². The first-order valence-electron chi connectivity index (χ1n) is 10.5. The Morgan fingerprint density at radius 1 is 0.967 bits per heavy atom. The van der Waals surface area contributed by atoms with Crippen molar-refractivity contribution in [2.45, 2.75) is 43.7 Å². The third kappa shape index (κ3) is 5.90. The molecule has 3 rings (SSSR count). The van der Waals surface area contributed by atoms with E-state index in [0.29, 0.717) is 12.1 Å². The molecule has 1 saturated heterocycles. The number of nitrogens with zero attached hydrogens (tertiary/aromatic N) is 2. The predicted octanol–water partition coefficient (Wildman–Crippen LogP) is 3.24. The van der Waals surface area contributed by atoms with Crippen LogP contribution in [0, 0.1) is 0 Å². The molecule has 0 atom stereocenters. The molecule has 0 bridgehead atoms. The van der Waals surface area contributed by atoms with Crippen molar-refractivity contribution < 1.29 is 13.2 Å². The Kier molecular flexibility index (Phi) is 7.64. The number of sulfonamides is 1. The summed E-state index contributed by atoms with van der Waals surface area (Å²) in [4.78, 5) is 15.2. The molecule has 7 heteroatoms. The Labute approximate surface area is 179 Å². The van der Waals surface area contributed by atoms with Crippen molar-refractivity contribution in [1.29, 1.82) is 0 Å². The molecule has 162 valence electrons. The van der Waals surface area contributed by atoms with Gasteiger partial charge in [-0.2, -0.15) is 0 Å². The van der Waals surface area contributed by atoms with E-state index in [0.717, 1.165) is 29.5 Å². The second-order valence-electron chi connectivity index (χ2n) is 8.00. The normalized spacial score (nSPS) is 15.7. The van der Waals surface area contributed by atoms with Crippen molar-refractivity contribution in [2.24, 2.45) is 0 Å². The zero-order valence-corrected chi connectivity index (χ0v) is 18.6. The summed E-state index contributed by atoms with van der Waals surface area (Å²) in [5, 5.41) is 2.92. The van der Waals surface area contributed by atoms with Gasteiger partial charge in [-0.3, -0.25) is 9.69 Å². The van der Waals surface area contributed by atoms with Crippen LogP contribution in [0.3, 0.4) is 0 Å². The summed E-state index contributed by atoms with van der Waals surface area (Å²) in [5.74, 6) is -0.221. The SMILES string of the molecule is CN(C)S(=O)(=O)c1ccc(C(=O)NCc2cccc(CN3CCCCCC3)c2)cc1. The van der Waals surface area contributed by atoms with Gasteiger partial charge < -0.3 is 5.32 Å². The maximum absolute atomic E-state index is 12.5. The lowest BCUT2D eigenvalue weighted by molar-refractivity contribution is 0.0951. The first kappa shape index (κ1) is 22.5. The Balaban J connectivity index is 1.58. The van der Waals surface area contributed by atoms with E-state index in [1.165, 1.54) is 57.5 Å². The molecule has 2 aromatic carbocycles. The number of rotatable bonds is 7. The fourth-order valence-corrected chi connectivity index (χ4v) is 4.57. The van der Waals surface area contributed by atoms with Crippen LogP contribution >= 0.6 is 0 Å². The van der Waals surface area contributed by atoms with Gasteiger partial charge in [-0.25, -0.2) is 12.7 Å². The minimum absolute atomic E-state index is 0.172. The minimum atomic E-state index is -3.50. The van der Waals surface area contributed by atoms with Crippen LogP contribution in [0.25, 0.3) is 0 Å². The van der Waals surface area contributed by atoms with Gasteiger partial charge in [0.1, 0.15) is 0 Å². The van der Waals surface area contributed by atoms with E-state index in [1.54, 1.807) is 12.1 Å². The summed E-state index contributed by atoms with van der Waals surface area (Å²) >= 11 is 0. The van der Waals surface area contributed by atoms with Crippen molar-refractivity contribution >= 4 is 15.9 Å². The molecule has 0 spiro atoms. The van der Waals surface area contributed by atoms with Gasteiger partial charge in [0.2, 0.25) is 10.0 Å². The Morgan fingerprint density at radius 2 is 1.60 bits per heavy atom. The lowest BCUT2D eigenvalue weighted by atomic mass is 10.1. The molecule has 1 aliphatic heterocycles. The molecule has 0 unspecified atom stereocenters. The minimum Gasteiger partial charge on any atom is -0.348 e. The number of nitrogens with one attached hydrogen (secondary N) is 1. The maximum Gasteiger partial charge on any atom is 0.251 e. The molecule has 1 heterocycles. The lowest BCUT2D eigenvalue weighted by Gasteiger charge is -2.20. The molecule has 6 nitrogen and oxygen atoms in total. The Hall–Kier alpha value is -2.22. The quantitative estimate of drug-likeness (QED) is 0.734. The van der Waals surface area contributed by atoms with E-state index >= 15 is 0 Å². The van der Waals surface area contributed by atoms with E-state index in [2.05, 4.69) is 22.3 Å². The Bertz CT molecular complexity index is 948. The second-order valence-corrected chi connectivity index (χ2v) is 10.2. The average Bonchev–Trinajstić information content (AvgIpc) is 3.01. The average molecular weight is 430 g/mol. The highest BCUT2D eigenvalue weighted by Crippen LogP contribution is 2.16. The largest absolute Gasteiger partial charge is 0.348 e. The Morgan fingerprint density at radius 3 is 2.23 bits per heavy atom. The van der Waals surface area contributed by atoms with Crippen LogP contribution in [0.1, 0.15) is 47.2 Å². The van der Waals surface area contributed by atoms with Gasteiger partial charge in [-0.15, -0.1) is 0 Å². The number of carbonyl (C=O) groups is 1. The highest BCUT2D eigenvalue weighted by molar-refractivity contribution is 7.89. The van der Waals surface area contributed by atoms with Crippen LogP contribution < -0.4 is 5.32 Å². The van der Waals surface area contributed by atoms with Gasteiger partial charge in [0.15, 0.2) is 0 Å². The van der Waals surface area contributed by atoms with Crippen LogP contribution in [-0.2, 0) is 23.1 Å².